The molecular weight excluding hydrogens is 314 g/mol. The SMILES string of the molecule is Cc1ccc(-n2nnc(C(=O)N3CCN4CCCC[C@@H]4C3)c2C)cc1. The molecule has 0 spiro atoms. The zero-order valence-electron chi connectivity index (χ0n) is 15.0. The van der Waals surface area contributed by atoms with Crippen molar-refractivity contribution in [1.29, 1.82) is 0 Å². The molecule has 6 nitrogen and oxygen atoms in total. The third-order valence-corrected chi connectivity index (χ3v) is 5.50. The lowest BCUT2D eigenvalue weighted by molar-refractivity contribution is 0.0367. The third kappa shape index (κ3) is 3.06. The van der Waals surface area contributed by atoms with Gasteiger partial charge in [0.2, 0.25) is 0 Å². The second kappa shape index (κ2) is 6.59. The van der Waals surface area contributed by atoms with Gasteiger partial charge in [-0.05, 0) is 45.4 Å². The lowest BCUT2D eigenvalue weighted by Gasteiger charge is -2.43. The first-order valence-electron chi connectivity index (χ1n) is 9.16. The molecule has 2 aliphatic rings. The first-order valence-corrected chi connectivity index (χ1v) is 9.16. The number of amides is 1. The maximum Gasteiger partial charge on any atom is 0.276 e. The predicted molar refractivity (Wildman–Crippen MR) is 95.9 cm³/mol. The van der Waals surface area contributed by atoms with Crippen molar-refractivity contribution < 1.29 is 4.79 Å². The fourth-order valence-corrected chi connectivity index (χ4v) is 3.95. The van der Waals surface area contributed by atoms with Crippen LogP contribution < -0.4 is 0 Å². The van der Waals surface area contributed by atoms with E-state index in [1.165, 1.54) is 31.4 Å². The molecule has 1 aromatic carbocycles. The number of piperazine rings is 1. The molecule has 132 valence electrons. The highest BCUT2D eigenvalue weighted by Crippen LogP contribution is 2.22. The summed E-state index contributed by atoms with van der Waals surface area (Å²) >= 11 is 0. The fourth-order valence-electron chi connectivity index (χ4n) is 3.95. The highest BCUT2D eigenvalue weighted by Gasteiger charge is 2.33. The standard InChI is InChI=1S/C19H25N5O/c1-14-6-8-16(9-7-14)24-15(2)18(20-21-24)19(25)23-12-11-22-10-4-3-5-17(22)13-23/h6-9,17H,3-5,10-13H2,1-2H3/t17-/m1/s1. The Hall–Kier alpha value is -2.21. The van der Waals surface area contributed by atoms with Gasteiger partial charge in [-0.25, -0.2) is 4.68 Å². The summed E-state index contributed by atoms with van der Waals surface area (Å²) in [6, 6.07) is 8.61. The molecule has 0 N–H and O–H groups in total. The Labute approximate surface area is 148 Å². The zero-order chi connectivity index (χ0) is 17.4. The van der Waals surface area contributed by atoms with Gasteiger partial charge in [-0.1, -0.05) is 29.3 Å². The van der Waals surface area contributed by atoms with E-state index in [1.807, 2.05) is 36.1 Å². The summed E-state index contributed by atoms with van der Waals surface area (Å²) in [5, 5.41) is 8.42. The Bertz CT molecular complexity index is 767. The smallest absolute Gasteiger partial charge is 0.276 e. The molecule has 1 aromatic heterocycles. The highest BCUT2D eigenvalue weighted by atomic mass is 16.2. The van der Waals surface area contributed by atoms with E-state index in [1.54, 1.807) is 4.68 Å². The van der Waals surface area contributed by atoms with E-state index >= 15 is 0 Å². The van der Waals surface area contributed by atoms with Gasteiger partial charge in [-0.2, -0.15) is 0 Å². The average Bonchev–Trinajstić information content (AvgIpc) is 3.03. The molecule has 2 fully saturated rings. The van der Waals surface area contributed by atoms with Crippen LogP contribution in [-0.2, 0) is 0 Å². The summed E-state index contributed by atoms with van der Waals surface area (Å²) in [4.78, 5) is 17.5. The average molecular weight is 339 g/mol. The van der Waals surface area contributed by atoms with Crippen LogP contribution in [0.2, 0.25) is 0 Å². The molecule has 0 unspecified atom stereocenters. The van der Waals surface area contributed by atoms with E-state index in [0.29, 0.717) is 11.7 Å². The number of hydrogen-bond acceptors (Lipinski definition) is 4. The van der Waals surface area contributed by atoms with Crippen LogP contribution in [0.3, 0.4) is 0 Å². The van der Waals surface area contributed by atoms with Crippen LogP contribution in [0, 0.1) is 13.8 Å². The molecule has 2 aromatic rings. The van der Waals surface area contributed by atoms with Crippen molar-refractivity contribution in [1.82, 2.24) is 24.8 Å². The Kier molecular flexibility index (Phi) is 4.29. The van der Waals surface area contributed by atoms with Gasteiger partial charge in [-0.3, -0.25) is 9.69 Å². The third-order valence-electron chi connectivity index (χ3n) is 5.50. The number of nitrogens with zero attached hydrogens (tertiary/aromatic N) is 5. The number of rotatable bonds is 2. The second-order valence-corrected chi connectivity index (χ2v) is 7.21. The molecule has 0 radical (unpaired) electrons. The lowest BCUT2D eigenvalue weighted by Crippen LogP contribution is -2.56. The van der Waals surface area contributed by atoms with Gasteiger partial charge >= 0.3 is 0 Å². The van der Waals surface area contributed by atoms with Gasteiger partial charge < -0.3 is 4.90 Å². The second-order valence-electron chi connectivity index (χ2n) is 7.21. The molecule has 2 aliphatic heterocycles. The van der Waals surface area contributed by atoms with E-state index in [0.717, 1.165) is 31.0 Å². The highest BCUT2D eigenvalue weighted by molar-refractivity contribution is 5.93. The normalized spacial score (nSPS) is 21.2. The predicted octanol–water partition coefficient (Wildman–Crippen LogP) is 2.19. The zero-order valence-corrected chi connectivity index (χ0v) is 15.0. The number of aryl methyl sites for hydroxylation is 1. The molecule has 1 atom stereocenters. The van der Waals surface area contributed by atoms with E-state index < -0.39 is 0 Å². The number of aromatic nitrogens is 3. The van der Waals surface area contributed by atoms with Gasteiger partial charge in [0.05, 0.1) is 11.4 Å². The van der Waals surface area contributed by atoms with E-state index in [9.17, 15) is 4.79 Å². The topological polar surface area (TPSA) is 54.3 Å². The number of carbonyl (C=O) groups excluding carboxylic acids is 1. The van der Waals surface area contributed by atoms with E-state index in [-0.39, 0.29) is 5.91 Å². The number of hydrogen-bond donors (Lipinski definition) is 0. The summed E-state index contributed by atoms with van der Waals surface area (Å²) in [6.45, 7) is 7.72. The maximum atomic E-state index is 13.0. The van der Waals surface area contributed by atoms with Crippen molar-refractivity contribution >= 4 is 5.91 Å². The molecule has 4 rings (SSSR count). The van der Waals surface area contributed by atoms with Gasteiger partial charge in [0, 0.05) is 25.7 Å². The maximum absolute atomic E-state index is 13.0. The van der Waals surface area contributed by atoms with Crippen LogP contribution in [-0.4, -0.2) is 62.9 Å². The Morgan fingerprint density at radius 1 is 1.08 bits per heavy atom. The first-order chi connectivity index (χ1) is 12.1. The fraction of sp³-hybridized carbons (Fsp3) is 0.526. The van der Waals surface area contributed by atoms with Crippen LogP contribution in [0.4, 0.5) is 0 Å². The quantitative estimate of drug-likeness (QED) is 0.842. The van der Waals surface area contributed by atoms with Gasteiger partial charge in [0.1, 0.15) is 0 Å². The summed E-state index contributed by atoms with van der Waals surface area (Å²) in [6.07, 6.45) is 3.75. The lowest BCUT2D eigenvalue weighted by atomic mass is 9.99. The minimum atomic E-state index is 0.0149. The number of carbonyl (C=O) groups is 1. The van der Waals surface area contributed by atoms with Crippen molar-refractivity contribution in [3.63, 3.8) is 0 Å². The molecule has 0 saturated carbocycles. The Balaban J connectivity index is 1.54. The monoisotopic (exact) mass is 339 g/mol. The van der Waals surface area contributed by atoms with E-state index in [2.05, 4.69) is 22.1 Å². The minimum absolute atomic E-state index is 0.0149. The number of fused-ring (bicyclic) bond motifs is 1. The van der Waals surface area contributed by atoms with Crippen molar-refractivity contribution in [2.45, 2.75) is 39.2 Å². The van der Waals surface area contributed by atoms with Crippen LogP contribution in [0.25, 0.3) is 5.69 Å². The van der Waals surface area contributed by atoms with Crippen LogP contribution in [0.5, 0.6) is 0 Å². The molecule has 0 aliphatic carbocycles. The molecule has 25 heavy (non-hydrogen) atoms. The number of benzene rings is 1. The molecule has 6 heteroatoms. The van der Waals surface area contributed by atoms with Gasteiger partial charge in [-0.15, -0.1) is 5.10 Å². The summed E-state index contributed by atoms with van der Waals surface area (Å²) in [5.41, 5.74) is 3.42. The summed E-state index contributed by atoms with van der Waals surface area (Å²) in [5.74, 6) is 0.0149. The number of piperidine rings is 1. The van der Waals surface area contributed by atoms with Crippen LogP contribution >= 0.6 is 0 Å². The van der Waals surface area contributed by atoms with Crippen molar-refractivity contribution in [3.8, 4) is 5.69 Å². The molecular formula is C19H25N5O. The molecule has 1 amide bonds. The van der Waals surface area contributed by atoms with Gasteiger partial charge in [0.25, 0.3) is 5.91 Å². The van der Waals surface area contributed by atoms with E-state index in [4.69, 9.17) is 0 Å². The largest absolute Gasteiger partial charge is 0.334 e. The Morgan fingerprint density at radius 3 is 2.68 bits per heavy atom. The van der Waals surface area contributed by atoms with Crippen LogP contribution in [0.15, 0.2) is 24.3 Å². The van der Waals surface area contributed by atoms with Crippen molar-refractivity contribution in [2.75, 3.05) is 26.2 Å². The first kappa shape index (κ1) is 16.3. The van der Waals surface area contributed by atoms with Crippen molar-refractivity contribution in [3.05, 3.63) is 41.2 Å². The summed E-state index contributed by atoms with van der Waals surface area (Å²) < 4.78 is 1.75. The van der Waals surface area contributed by atoms with Crippen molar-refractivity contribution in [2.24, 2.45) is 0 Å². The molecule has 0 bridgehead atoms. The van der Waals surface area contributed by atoms with Gasteiger partial charge in [0.15, 0.2) is 5.69 Å². The Morgan fingerprint density at radius 2 is 1.88 bits per heavy atom. The molecule has 2 saturated heterocycles. The summed E-state index contributed by atoms with van der Waals surface area (Å²) in [7, 11) is 0. The van der Waals surface area contributed by atoms with Crippen LogP contribution in [0.1, 0.15) is 41.0 Å². The minimum Gasteiger partial charge on any atom is -0.334 e. The molecule has 3 heterocycles.